The molecule has 1 atom stereocenters. The van der Waals surface area contributed by atoms with Gasteiger partial charge < -0.3 is 0 Å². The second-order valence-electron chi connectivity index (χ2n) is 8.35. The summed E-state index contributed by atoms with van der Waals surface area (Å²) in [6.45, 7) is 1.57. The Balaban J connectivity index is 2.07. The van der Waals surface area contributed by atoms with Gasteiger partial charge >= 0.3 is 0 Å². The van der Waals surface area contributed by atoms with Gasteiger partial charge in [0.15, 0.2) is 0 Å². The summed E-state index contributed by atoms with van der Waals surface area (Å²) in [7, 11) is -6.41. The molecule has 0 fully saturated rings. The highest BCUT2D eigenvalue weighted by molar-refractivity contribution is 7.92. The number of sulfonamides is 2. The number of aryl methyl sites for hydroxylation is 1. The number of rotatable bonds is 11. The molecule has 0 aliphatic heterocycles. The van der Waals surface area contributed by atoms with Gasteiger partial charge in [-0.25, -0.2) is 30.3 Å². The van der Waals surface area contributed by atoms with E-state index in [4.69, 9.17) is 23.2 Å². The second-order valence-corrected chi connectivity index (χ2v) is 13.1. The molecule has 37 heavy (non-hydrogen) atoms. The van der Waals surface area contributed by atoms with Crippen LogP contribution < -0.4 is 9.03 Å². The van der Waals surface area contributed by atoms with Crippen molar-refractivity contribution in [3.63, 3.8) is 0 Å². The van der Waals surface area contributed by atoms with Gasteiger partial charge in [0.2, 0.25) is 10.0 Å². The Morgan fingerprint density at radius 2 is 1.54 bits per heavy atom. The minimum absolute atomic E-state index is 0.103. The molecule has 1 unspecified atom stereocenters. The minimum atomic E-state index is -4.34. The molecule has 0 saturated carbocycles. The quantitative estimate of drug-likeness (QED) is 0.273. The van der Waals surface area contributed by atoms with Gasteiger partial charge in [0.1, 0.15) is 11.6 Å². The zero-order valence-corrected chi connectivity index (χ0v) is 23.2. The highest BCUT2D eigenvalue weighted by Gasteiger charge is 2.33. The summed E-state index contributed by atoms with van der Waals surface area (Å²) in [5.41, 5.74) is 0.647. The second kappa shape index (κ2) is 12.1. The summed E-state index contributed by atoms with van der Waals surface area (Å²) in [4.78, 5) is -0.121. The van der Waals surface area contributed by atoms with E-state index in [9.17, 15) is 21.2 Å². The van der Waals surface area contributed by atoms with Gasteiger partial charge in [0.05, 0.1) is 22.4 Å². The highest BCUT2D eigenvalue weighted by Crippen LogP contribution is 2.38. The van der Waals surface area contributed by atoms with Crippen molar-refractivity contribution in [1.82, 2.24) is 4.72 Å². The number of unbranched alkanes of at least 4 members (excludes halogenated alkanes) is 1. The summed E-state index contributed by atoms with van der Waals surface area (Å²) < 4.78 is 83.5. The number of halogens is 4. The fraction of sp³-hybridized carbons (Fsp3) is 0.280. The van der Waals surface area contributed by atoms with Crippen LogP contribution in [0, 0.1) is 11.6 Å². The molecule has 0 radical (unpaired) electrons. The molecular weight excluding hydrogens is 565 g/mol. The molecule has 3 aromatic carbocycles. The molecule has 0 aromatic heterocycles. The smallest absolute Gasteiger partial charge is 0.256 e. The van der Waals surface area contributed by atoms with E-state index in [1.807, 2.05) is 0 Å². The van der Waals surface area contributed by atoms with Crippen LogP contribution in [-0.4, -0.2) is 29.6 Å². The average molecular weight is 592 g/mol. The highest BCUT2D eigenvalue weighted by atomic mass is 35.5. The largest absolute Gasteiger partial charge is 0.264 e. The van der Waals surface area contributed by atoms with Crippen molar-refractivity contribution in [1.29, 1.82) is 0 Å². The monoisotopic (exact) mass is 590 g/mol. The Kier molecular flexibility index (Phi) is 9.57. The Morgan fingerprint density at radius 3 is 2.19 bits per heavy atom. The van der Waals surface area contributed by atoms with Crippen molar-refractivity contribution in [2.45, 2.75) is 37.1 Å². The van der Waals surface area contributed by atoms with Gasteiger partial charge in [0.25, 0.3) is 10.0 Å². The van der Waals surface area contributed by atoms with Gasteiger partial charge in [0, 0.05) is 10.0 Å². The SMILES string of the molecule is CNS(=O)(=O)CCCCc1cc(F)ccc1C(C)N(c1cc(Cl)ccc1F)S(=O)(=O)c1ccc(Cl)cc1. The summed E-state index contributed by atoms with van der Waals surface area (Å²) >= 11 is 12.0. The third-order valence-electron chi connectivity index (χ3n) is 5.84. The van der Waals surface area contributed by atoms with Crippen LogP contribution in [0.25, 0.3) is 0 Å². The molecule has 6 nitrogen and oxygen atoms in total. The van der Waals surface area contributed by atoms with Crippen molar-refractivity contribution < 1.29 is 25.6 Å². The molecule has 0 spiro atoms. The first-order chi connectivity index (χ1) is 17.4. The third kappa shape index (κ3) is 7.20. The van der Waals surface area contributed by atoms with Crippen molar-refractivity contribution in [3.8, 4) is 0 Å². The number of anilines is 1. The molecule has 1 N–H and O–H groups in total. The summed E-state index contributed by atoms with van der Waals surface area (Å²) in [5.74, 6) is -1.45. The predicted octanol–water partition coefficient (Wildman–Crippen LogP) is 6.10. The van der Waals surface area contributed by atoms with Gasteiger partial charge in [-0.05, 0) is 99.0 Å². The molecule has 12 heteroatoms. The van der Waals surface area contributed by atoms with Crippen LogP contribution in [0.15, 0.2) is 65.6 Å². The first-order valence-corrected chi connectivity index (χ1v) is 15.1. The molecule has 0 heterocycles. The van der Waals surface area contributed by atoms with Crippen LogP contribution in [0.4, 0.5) is 14.5 Å². The van der Waals surface area contributed by atoms with E-state index in [1.54, 1.807) is 6.92 Å². The summed E-state index contributed by atoms with van der Waals surface area (Å²) in [6.07, 6.45) is 0.992. The third-order valence-corrected chi connectivity index (χ3v) is 9.68. The maximum atomic E-state index is 15.1. The lowest BCUT2D eigenvalue weighted by Gasteiger charge is -2.32. The van der Waals surface area contributed by atoms with Crippen LogP contribution in [0.2, 0.25) is 10.0 Å². The maximum Gasteiger partial charge on any atom is 0.264 e. The van der Waals surface area contributed by atoms with Crippen molar-refractivity contribution >= 4 is 48.9 Å². The van der Waals surface area contributed by atoms with Gasteiger partial charge in [-0.3, -0.25) is 4.31 Å². The van der Waals surface area contributed by atoms with Crippen LogP contribution >= 0.6 is 23.2 Å². The fourth-order valence-corrected chi connectivity index (χ4v) is 6.67. The average Bonchev–Trinajstić information content (AvgIpc) is 2.84. The van der Waals surface area contributed by atoms with E-state index in [0.29, 0.717) is 29.0 Å². The van der Waals surface area contributed by atoms with Crippen LogP contribution in [0.5, 0.6) is 0 Å². The van der Waals surface area contributed by atoms with Gasteiger partial charge in [-0.2, -0.15) is 0 Å². The van der Waals surface area contributed by atoms with Crippen LogP contribution in [0.3, 0.4) is 0 Å². The van der Waals surface area contributed by atoms with Crippen molar-refractivity contribution in [2.24, 2.45) is 0 Å². The van der Waals surface area contributed by atoms with Gasteiger partial charge in [-0.15, -0.1) is 0 Å². The Bertz CT molecular complexity index is 1470. The topological polar surface area (TPSA) is 83.6 Å². The van der Waals surface area contributed by atoms with E-state index < -0.39 is 37.7 Å². The minimum Gasteiger partial charge on any atom is -0.256 e. The zero-order valence-electron chi connectivity index (χ0n) is 20.1. The Morgan fingerprint density at radius 1 is 0.892 bits per heavy atom. The van der Waals surface area contributed by atoms with E-state index in [1.165, 1.54) is 61.6 Å². The molecule has 3 aromatic rings. The van der Waals surface area contributed by atoms with E-state index in [-0.39, 0.29) is 27.8 Å². The first-order valence-electron chi connectivity index (χ1n) is 11.3. The van der Waals surface area contributed by atoms with Crippen LogP contribution in [0.1, 0.15) is 36.9 Å². The lowest BCUT2D eigenvalue weighted by Crippen LogP contribution is -2.35. The normalized spacial score (nSPS) is 12.9. The molecule has 200 valence electrons. The number of hydrogen-bond acceptors (Lipinski definition) is 4. The zero-order chi connectivity index (χ0) is 27.4. The molecule has 0 saturated heterocycles. The standard InChI is InChI=1S/C25H26Cl2F2N2O4S2/c1-17(23-12-9-21(28)15-18(23)5-3-4-14-36(32,33)30-2)31(25-16-20(27)8-13-24(25)29)37(34,35)22-10-6-19(26)7-11-22/h6-13,15-17,30H,3-5,14H2,1-2H3. The fourth-order valence-electron chi connectivity index (χ4n) is 3.96. The Hall–Kier alpha value is -2.24. The van der Waals surface area contributed by atoms with Crippen molar-refractivity contribution in [2.75, 3.05) is 17.1 Å². The number of hydrogen-bond donors (Lipinski definition) is 1. The van der Waals surface area contributed by atoms with E-state index in [2.05, 4.69) is 4.72 Å². The summed E-state index contributed by atoms with van der Waals surface area (Å²) in [5, 5.41) is 0.457. The molecule has 0 bridgehead atoms. The molecule has 0 aliphatic carbocycles. The summed E-state index contributed by atoms with van der Waals surface area (Å²) in [6, 6.07) is 12.0. The predicted molar refractivity (Wildman–Crippen MR) is 143 cm³/mol. The molecule has 0 amide bonds. The maximum absolute atomic E-state index is 15.1. The molecule has 0 aliphatic rings. The number of benzene rings is 3. The van der Waals surface area contributed by atoms with E-state index in [0.717, 1.165) is 10.4 Å². The van der Waals surface area contributed by atoms with Gasteiger partial charge in [-0.1, -0.05) is 29.3 Å². The lowest BCUT2D eigenvalue weighted by atomic mass is 9.97. The van der Waals surface area contributed by atoms with Crippen LogP contribution in [-0.2, 0) is 26.5 Å². The lowest BCUT2D eigenvalue weighted by molar-refractivity contribution is 0.572. The molecular formula is C25H26Cl2F2N2O4S2. The first kappa shape index (κ1) is 29.3. The van der Waals surface area contributed by atoms with Crippen molar-refractivity contribution in [3.05, 3.63) is 93.5 Å². The number of nitrogens with zero attached hydrogens (tertiary/aromatic N) is 1. The van der Waals surface area contributed by atoms with E-state index >= 15 is 4.39 Å². The molecule has 3 rings (SSSR count). The Labute approximate surface area is 226 Å². The number of nitrogens with one attached hydrogen (secondary N) is 1.